The van der Waals surface area contributed by atoms with Crippen molar-refractivity contribution in [3.8, 4) is 5.75 Å². The van der Waals surface area contributed by atoms with Gasteiger partial charge >= 0.3 is 4.87 Å². The standard InChI is InChI=1S/C22H25N3O5S2/c1-23-19-9-8-18(15-20(19)31-22(23)27)32(28,29)25-13-11-24(12-14-25)21(26)10-5-16-3-6-17(30-2)7-4-16/h3-4,6-9,15H,5,10-14H2,1-2H3. The Hall–Kier alpha value is -2.69. The van der Waals surface area contributed by atoms with Crippen molar-refractivity contribution >= 4 is 37.5 Å². The van der Waals surface area contributed by atoms with E-state index in [1.807, 2.05) is 24.3 Å². The van der Waals surface area contributed by atoms with Crippen LogP contribution >= 0.6 is 11.3 Å². The second-order valence-electron chi connectivity index (χ2n) is 7.69. The van der Waals surface area contributed by atoms with Crippen LogP contribution in [0, 0.1) is 0 Å². The molecule has 10 heteroatoms. The molecule has 8 nitrogen and oxygen atoms in total. The molecule has 1 aliphatic heterocycles. The molecule has 0 saturated carbocycles. The number of aromatic nitrogens is 1. The van der Waals surface area contributed by atoms with E-state index < -0.39 is 10.0 Å². The Morgan fingerprint density at radius 2 is 1.75 bits per heavy atom. The largest absolute Gasteiger partial charge is 0.497 e. The number of benzene rings is 2. The molecule has 1 amide bonds. The van der Waals surface area contributed by atoms with E-state index in [2.05, 4.69) is 0 Å². The Bertz CT molecular complexity index is 1290. The molecule has 2 aromatic carbocycles. The number of thiazole rings is 1. The number of ether oxygens (including phenoxy) is 1. The van der Waals surface area contributed by atoms with Crippen LogP contribution in [-0.2, 0) is 28.3 Å². The van der Waals surface area contributed by atoms with Gasteiger partial charge in [-0.05, 0) is 42.3 Å². The number of amides is 1. The Labute approximate surface area is 190 Å². The highest BCUT2D eigenvalue weighted by molar-refractivity contribution is 7.89. The van der Waals surface area contributed by atoms with Gasteiger partial charge in [0.05, 0.1) is 22.2 Å². The lowest BCUT2D eigenvalue weighted by Crippen LogP contribution is -2.50. The van der Waals surface area contributed by atoms with E-state index in [-0.39, 0.29) is 28.8 Å². The monoisotopic (exact) mass is 475 g/mol. The van der Waals surface area contributed by atoms with E-state index in [0.29, 0.717) is 36.1 Å². The van der Waals surface area contributed by atoms with Crippen molar-refractivity contribution in [2.24, 2.45) is 7.05 Å². The molecule has 2 heterocycles. The van der Waals surface area contributed by atoms with Crippen molar-refractivity contribution in [2.75, 3.05) is 33.3 Å². The second kappa shape index (κ2) is 9.05. The fourth-order valence-corrected chi connectivity index (χ4v) is 6.25. The maximum Gasteiger partial charge on any atom is 0.307 e. The zero-order valence-electron chi connectivity index (χ0n) is 18.0. The van der Waals surface area contributed by atoms with Gasteiger partial charge in [-0.25, -0.2) is 8.42 Å². The Morgan fingerprint density at radius 3 is 2.41 bits per heavy atom. The second-order valence-corrected chi connectivity index (χ2v) is 10.6. The molecule has 1 saturated heterocycles. The lowest BCUT2D eigenvalue weighted by molar-refractivity contribution is -0.132. The van der Waals surface area contributed by atoms with Gasteiger partial charge in [0.15, 0.2) is 0 Å². The van der Waals surface area contributed by atoms with Crippen molar-refractivity contribution in [2.45, 2.75) is 17.7 Å². The first kappa shape index (κ1) is 22.5. The van der Waals surface area contributed by atoms with Crippen LogP contribution in [0.2, 0.25) is 0 Å². The summed E-state index contributed by atoms with van der Waals surface area (Å²) in [6.45, 7) is 1.22. The third-order valence-electron chi connectivity index (χ3n) is 5.78. The van der Waals surface area contributed by atoms with E-state index in [1.165, 1.54) is 14.9 Å². The molecule has 3 aromatic rings. The molecule has 1 fully saturated rings. The predicted octanol–water partition coefficient (Wildman–Crippen LogP) is 2.07. The molecule has 0 radical (unpaired) electrons. The molecule has 1 aromatic heterocycles. The number of carbonyl (C=O) groups is 1. The van der Waals surface area contributed by atoms with Gasteiger partial charge in [0.25, 0.3) is 0 Å². The van der Waals surface area contributed by atoms with Crippen molar-refractivity contribution in [1.29, 1.82) is 0 Å². The number of carbonyl (C=O) groups excluding carboxylic acids is 1. The molecule has 0 unspecified atom stereocenters. The topological polar surface area (TPSA) is 88.9 Å². The molecule has 170 valence electrons. The van der Waals surface area contributed by atoms with Gasteiger partial charge in [-0.15, -0.1) is 0 Å². The summed E-state index contributed by atoms with van der Waals surface area (Å²) in [5, 5.41) is 0. The van der Waals surface area contributed by atoms with Crippen molar-refractivity contribution in [1.82, 2.24) is 13.8 Å². The van der Waals surface area contributed by atoms with Gasteiger partial charge in [0.1, 0.15) is 5.75 Å². The first-order valence-corrected chi connectivity index (χ1v) is 12.6. The molecule has 0 bridgehead atoms. The van der Waals surface area contributed by atoms with Crippen molar-refractivity contribution < 1.29 is 17.9 Å². The van der Waals surface area contributed by atoms with Crippen LogP contribution in [-0.4, -0.2) is 61.4 Å². The molecule has 1 aliphatic rings. The number of methoxy groups -OCH3 is 1. The SMILES string of the molecule is COc1ccc(CCC(=O)N2CCN(S(=O)(=O)c3ccc4c(c3)sc(=O)n4C)CC2)cc1. The number of piperazine rings is 1. The third kappa shape index (κ3) is 4.43. The van der Waals surface area contributed by atoms with Gasteiger partial charge in [-0.1, -0.05) is 23.5 Å². The highest BCUT2D eigenvalue weighted by Gasteiger charge is 2.30. The first-order chi connectivity index (χ1) is 15.3. The van der Waals surface area contributed by atoms with E-state index in [4.69, 9.17) is 4.74 Å². The fraction of sp³-hybridized carbons (Fsp3) is 0.364. The first-order valence-electron chi connectivity index (χ1n) is 10.3. The highest BCUT2D eigenvalue weighted by Crippen LogP contribution is 2.24. The van der Waals surface area contributed by atoms with Crippen LogP contribution in [0.4, 0.5) is 0 Å². The summed E-state index contributed by atoms with van der Waals surface area (Å²) in [6.07, 6.45) is 1.00. The number of sulfonamides is 1. The molecular weight excluding hydrogens is 450 g/mol. The summed E-state index contributed by atoms with van der Waals surface area (Å²) >= 11 is 1.03. The van der Waals surface area contributed by atoms with Crippen LogP contribution in [0.3, 0.4) is 0 Å². The molecule has 32 heavy (non-hydrogen) atoms. The number of nitrogens with zero attached hydrogens (tertiary/aromatic N) is 3. The number of aryl methyl sites for hydroxylation is 2. The Morgan fingerprint density at radius 1 is 1.06 bits per heavy atom. The fourth-order valence-electron chi connectivity index (χ4n) is 3.80. The number of fused-ring (bicyclic) bond motifs is 1. The number of hydrogen-bond acceptors (Lipinski definition) is 6. The summed E-state index contributed by atoms with van der Waals surface area (Å²) in [7, 11) is -0.410. The van der Waals surface area contributed by atoms with Crippen LogP contribution in [0.15, 0.2) is 52.2 Å². The van der Waals surface area contributed by atoms with Gasteiger partial charge < -0.3 is 14.2 Å². The summed E-state index contributed by atoms with van der Waals surface area (Å²) in [5.41, 5.74) is 1.77. The van der Waals surface area contributed by atoms with E-state index >= 15 is 0 Å². The normalized spacial score (nSPS) is 15.2. The molecule has 0 aliphatic carbocycles. The van der Waals surface area contributed by atoms with Crippen LogP contribution < -0.4 is 9.61 Å². The third-order valence-corrected chi connectivity index (χ3v) is 8.67. The number of rotatable bonds is 6. The zero-order chi connectivity index (χ0) is 22.9. The summed E-state index contributed by atoms with van der Waals surface area (Å²) in [5.74, 6) is 0.798. The van der Waals surface area contributed by atoms with Crippen LogP contribution in [0.25, 0.3) is 10.2 Å². The lowest BCUT2D eigenvalue weighted by atomic mass is 10.1. The Kier molecular flexibility index (Phi) is 6.36. The minimum absolute atomic E-state index is 0.0216. The lowest BCUT2D eigenvalue weighted by Gasteiger charge is -2.34. The molecule has 0 atom stereocenters. The zero-order valence-corrected chi connectivity index (χ0v) is 19.6. The minimum atomic E-state index is -3.69. The molecule has 4 rings (SSSR count). The van der Waals surface area contributed by atoms with E-state index in [1.54, 1.807) is 31.2 Å². The average molecular weight is 476 g/mol. The van der Waals surface area contributed by atoms with E-state index in [0.717, 1.165) is 22.6 Å². The number of hydrogen-bond donors (Lipinski definition) is 0. The highest BCUT2D eigenvalue weighted by atomic mass is 32.2. The summed E-state index contributed by atoms with van der Waals surface area (Å²) < 4.78 is 34.9. The van der Waals surface area contributed by atoms with Crippen molar-refractivity contribution in [3.63, 3.8) is 0 Å². The summed E-state index contributed by atoms with van der Waals surface area (Å²) in [6, 6.07) is 12.4. The van der Waals surface area contributed by atoms with Gasteiger partial charge in [-0.2, -0.15) is 4.31 Å². The molecular formula is C22H25N3O5S2. The summed E-state index contributed by atoms with van der Waals surface area (Å²) in [4.78, 5) is 26.2. The molecule has 0 spiro atoms. The minimum Gasteiger partial charge on any atom is -0.497 e. The van der Waals surface area contributed by atoms with Crippen LogP contribution in [0.5, 0.6) is 5.75 Å². The van der Waals surface area contributed by atoms with Crippen LogP contribution in [0.1, 0.15) is 12.0 Å². The average Bonchev–Trinajstić information content (AvgIpc) is 3.10. The van der Waals surface area contributed by atoms with Gasteiger partial charge in [-0.3, -0.25) is 9.59 Å². The Balaban J connectivity index is 1.36. The maximum atomic E-state index is 13.1. The van der Waals surface area contributed by atoms with Gasteiger partial charge in [0.2, 0.25) is 15.9 Å². The molecule has 0 N–H and O–H groups in total. The predicted molar refractivity (Wildman–Crippen MR) is 124 cm³/mol. The van der Waals surface area contributed by atoms with Gasteiger partial charge in [0, 0.05) is 39.6 Å². The van der Waals surface area contributed by atoms with E-state index in [9.17, 15) is 18.0 Å². The smallest absolute Gasteiger partial charge is 0.307 e. The van der Waals surface area contributed by atoms with Crippen molar-refractivity contribution in [3.05, 3.63) is 57.7 Å². The maximum absolute atomic E-state index is 13.1. The quantitative estimate of drug-likeness (QED) is 0.545.